The number of benzene rings is 2. The number of pyridine rings is 1. The second kappa shape index (κ2) is 10.9. The summed E-state index contributed by atoms with van der Waals surface area (Å²) >= 11 is 6.21. The van der Waals surface area contributed by atoms with Gasteiger partial charge in [-0.2, -0.15) is 0 Å². The van der Waals surface area contributed by atoms with Crippen molar-refractivity contribution in [2.75, 3.05) is 31.1 Å². The fraction of sp³-hybridized carbons (Fsp3) is 0.226. The summed E-state index contributed by atoms with van der Waals surface area (Å²) in [5.41, 5.74) is 7.18. The van der Waals surface area contributed by atoms with Crippen LogP contribution in [0.1, 0.15) is 17.7 Å². The Bertz CT molecular complexity index is 1610. The first-order valence-corrected chi connectivity index (χ1v) is 13.6. The number of hydrogen-bond acceptors (Lipinski definition) is 5. The number of hydrogen-bond donors (Lipinski definition) is 0. The average Bonchev–Trinajstić information content (AvgIpc) is 3.34. The van der Waals surface area contributed by atoms with Crippen LogP contribution in [0.25, 0.3) is 28.0 Å². The number of fused-ring (bicyclic) bond motifs is 1. The Kier molecular flexibility index (Phi) is 6.99. The van der Waals surface area contributed by atoms with Crippen LogP contribution in [0, 0.1) is 6.92 Å². The third kappa shape index (κ3) is 5.22. The van der Waals surface area contributed by atoms with Crippen LogP contribution in [0.2, 0.25) is 5.02 Å². The van der Waals surface area contributed by atoms with Crippen molar-refractivity contribution in [3.8, 4) is 22.4 Å². The van der Waals surface area contributed by atoms with E-state index in [1.165, 1.54) is 0 Å². The van der Waals surface area contributed by atoms with Crippen LogP contribution in [0.15, 0.2) is 85.3 Å². The number of halogens is 1. The van der Waals surface area contributed by atoms with Gasteiger partial charge in [-0.05, 0) is 60.4 Å². The summed E-state index contributed by atoms with van der Waals surface area (Å²) in [6.45, 7) is 4.85. The van der Waals surface area contributed by atoms with Gasteiger partial charge in [0.15, 0.2) is 0 Å². The molecule has 0 saturated carbocycles. The smallest absolute Gasteiger partial charge is 0.225 e. The average molecular weight is 537 g/mol. The van der Waals surface area contributed by atoms with Crippen LogP contribution in [0.5, 0.6) is 0 Å². The molecule has 0 N–H and O–H groups in total. The topological polar surface area (TPSA) is 66.6 Å². The van der Waals surface area contributed by atoms with Crippen LogP contribution in [0.3, 0.4) is 0 Å². The van der Waals surface area contributed by atoms with Crippen LogP contribution >= 0.6 is 11.6 Å². The molecule has 1 fully saturated rings. The normalized spacial score (nSPS) is 13.7. The Morgan fingerprint density at radius 1 is 0.897 bits per heavy atom. The van der Waals surface area contributed by atoms with Gasteiger partial charge in [0.2, 0.25) is 11.9 Å². The van der Waals surface area contributed by atoms with Gasteiger partial charge in [0.1, 0.15) is 5.65 Å². The van der Waals surface area contributed by atoms with E-state index in [4.69, 9.17) is 16.6 Å². The number of imidazole rings is 1. The van der Waals surface area contributed by atoms with Crippen LogP contribution in [-0.2, 0) is 11.2 Å². The number of nitrogens with zero attached hydrogens (tertiary/aromatic N) is 6. The standard InChI is InChI=1S/C31H29ClN6O/c1-22-20-25(32)9-10-26(22)24-8-12-28-35-30(23-6-3-2-4-7-23)27(38(28)21-24)11-13-29(39)36-16-18-37(19-17-36)31-33-14-5-15-34-31/h2-10,12,14-15,20-21H,11,13,16-19H2,1H3. The summed E-state index contributed by atoms with van der Waals surface area (Å²) in [6, 6.07) is 22.1. The van der Waals surface area contributed by atoms with E-state index in [9.17, 15) is 4.79 Å². The number of amides is 1. The maximum absolute atomic E-state index is 13.3. The highest BCUT2D eigenvalue weighted by Crippen LogP contribution is 2.30. The van der Waals surface area contributed by atoms with Gasteiger partial charge >= 0.3 is 0 Å². The van der Waals surface area contributed by atoms with E-state index >= 15 is 0 Å². The van der Waals surface area contributed by atoms with Crippen LogP contribution in [0.4, 0.5) is 5.95 Å². The van der Waals surface area contributed by atoms with E-state index in [1.54, 1.807) is 12.4 Å². The third-order valence-corrected chi connectivity index (χ3v) is 7.54. The largest absolute Gasteiger partial charge is 0.339 e. The highest BCUT2D eigenvalue weighted by molar-refractivity contribution is 6.30. The Labute approximate surface area is 232 Å². The lowest BCUT2D eigenvalue weighted by Gasteiger charge is -2.34. The van der Waals surface area contributed by atoms with E-state index in [0.717, 1.165) is 63.3 Å². The predicted molar refractivity (Wildman–Crippen MR) is 155 cm³/mol. The first-order valence-electron chi connectivity index (χ1n) is 13.2. The van der Waals surface area contributed by atoms with Gasteiger partial charge in [-0.15, -0.1) is 0 Å². The lowest BCUT2D eigenvalue weighted by molar-refractivity contribution is -0.131. The molecular formula is C31H29ClN6O. The molecule has 2 aromatic carbocycles. The molecule has 1 aliphatic heterocycles. The molecule has 1 amide bonds. The molecule has 5 aromatic rings. The lowest BCUT2D eigenvalue weighted by atomic mass is 10.0. The van der Waals surface area contributed by atoms with E-state index in [-0.39, 0.29) is 5.91 Å². The Hall–Kier alpha value is -4.23. The molecule has 4 heterocycles. The summed E-state index contributed by atoms with van der Waals surface area (Å²) in [4.78, 5) is 31.1. The molecule has 0 aliphatic carbocycles. The quantitative estimate of drug-likeness (QED) is 0.278. The Morgan fingerprint density at radius 3 is 2.41 bits per heavy atom. The number of piperazine rings is 1. The van der Waals surface area contributed by atoms with Crippen molar-refractivity contribution in [1.82, 2.24) is 24.3 Å². The van der Waals surface area contributed by atoms with E-state index in [0.29, 0.717) is 25.9 Å². The summed E-state index contributed by atoms with van der Waals surface area (Å²) in [7, 11) is 0. The monoisotopic (exact) mass is 536 g/mol. The summed E-state index contributed by atoms with van der Waals surface area (Å²) in [6.07, 6.45) is 6.64. The SMILES string of the molecule is Cc1cc(Cl)ccc1-c1ccc2nc(-c3ccccc3)c(CCC(=O)N3CCN(c4ncccn4)CC3)n2c1. The molecule has 0 radical (unpaired) electrons. The molecule has 0 unspecified atom stereocenters. The summed E-state index contributed by atoms with van der Waals surface area (Å²) in [5, 5.41) is 0.725. The number of carbonyl (C=O) groups is 1. The summed E-state index contributed by atoms with van der Waals surface area (Å²) < 4.78 is 2.14. The van der Waals surface area contributed by atoms with Crippen LogP contribution < -0.4 is 4.90 Å². The minimum absolute atomic E-state index is 0.155. The molecule has 0 spiro atoms. The fourth-order valence-electron chi connectivity index (χ4n) is 5.26. The first kappa shape index (κ1) is 25.1. The maximum Gasteiger partial charge on any atom is 0.225 e. The van der Waals surface area contributed by atoms with Crippen molar-refractivity contribution in [1.29, 1.82) is 0 Å². The van der Waals surface area contributed by atoms with Crippen molar-refractivity contribution >= 4 is 29.1 Å². The number of carbonyl (C=O) groups excluding carboxylic acids is 1. The molecule has 7 nitrogen and oxygen atoms in total. The van der Waals surface area contributed by atoms with E-state index in [2.05, 4.69) is 56.7 Å². The van der Waals surface area contributed by atoms with Crippen molar-refractivity contribution in [3.63, 3.8) is 0 Å². The Morgan fingerprint density at radius 2 is 1.67 bits per heavy atom. The number of aromatic nitrogens is 4. The fourth-order valence-corrected chi connectivity index (χ4v) is 5.49. The van der Waals surface area contributed by atoms with Gasteiger partial charge in [0, 0.05) is 61.8 Å². The second-order valence-electron chi connectivity index (χ2n) is 9.79. The molecule has 0 bridgehead atoms. The minimum Gasteiger partial charge on any atom is -0.339 e. The van der Waals surface area contributed by atoms with Crippen molar-refractivity contribution in [2.45, 2.75) is 19.8 Å². The highest BCUT2D eigenvalue weighted by atomic mass is 35.5. The van der Waals surface area contributed by atoms with Gasteiger partial charge < -0.3 is 14.2 Å². The maximum atomic E-state index is 13.3. The van der Waals surface area contributed by atoms with Crippen molar-refractivity contribution in [2.24, 2.45) is 0 Å². The summed E-state index contributed by atoms with van der Waals surface area (Å²) in [5.74, 6) is 0.872. The van der Waals surface area contributed by atoms with Gasteiger partial charge in [-0.25, -0.2) is 15.0 Å². The zero-order valence-corrected chi connectivity index (χ0v) is 22.6. The van der Waals surface area contributed by atoms with E-state index in [1.807, 2.05) is 47.4 Å². The number of rotatable bonds is 6. The van der Waals surface area contributed by atoms with Crippen LogP contribution in [-0.4, -0.2) is 56.3 Å². The zero-order valence-electron chi connectivity index (χ0n) is 21.8. The molecule has 196 valence electrons. The molecule has 8 heteroatoms. The van der Waals surface area contributed by atoms with E-state index < -0.39 is 0 Å². The van der Waals surface area contributed by atoms with Gasteiger partial charge in [0.05, 0.1) is 11.4 Å². The molecular weight excluding hydrogens is 508 g/mol. The molecule has 1 aliphatic rings. The van der Waals surface area contributed by atoms with Crippen molar-refractivity contribution < 1.29 is 4.79 Å². The van der Waals surface area contributed by atoms with Gasteiger partial charge in [-0.1, -0.05) is 48.0 Å². The third-order valence-electron chi connectivity index (χ3n) is 7.31. The van der Waals surface area contributed by atoms with Crippen molar-refractivity contribution in [3.05, 3.63) is 102 Å². The molecule has 3 aromatic heterocycles. The van der Waals surface area contributed by atoms with Gasteiger partial charge in [0.25, 0.3) is 0 Å². The highest BCUT2D eigenvalue weighted by Gasteiger charge is 2.23. The zero-order chi connectivity index (χ0) is 26.8. The first-order chi connectivity index (χ1) is 19.1. The molecule has 1 saturated heterocycles. The second-order valence-corrected chi connectivity index (χ2v) is 10.2. The Balaban J connectivity index is 1.26. The minimum atomic E-state index is 0.155. The molecule has 6 rings (SSSR count). The lowest BCUT2D eigenvalue weighted by Crippen LogP contribution is -2.49. The predicted octanol–water partition coefficient (Wildman–Crippen LogP) is 5.70. The number of aryl methyl sites for hydroxylation is 2. The number of anilines is 1. The molecule has 0 atom stereocenters. The van der Waals surface area contributed by atoms with Gasteiger partial charge in [-0.3, -0.25) is 4.79 Å². The molecule has 39 heavy (non-hydrogen) atoms.